The Labute approximate surface area is 306 Å². The van der Waals surface area contributed by atoms with Gasteiger partial charge in [0.2, 0.25) is 0 Å². The Bertz CT molecular complexity index is 2890. The molecule has 9 aromatic rings. The highest BCUT2D eigenvalue weighted by molar-refractivity contribution is 7.88. The molecular weight excluding hydrogens is 714 g/mol. The minimum absolute atomic E-state index is 0.180. The highest BCUT2D eigenvalue weighted by Crippen LogP contribution is 2.51. The Hall–Kier alpha value is -6.72. The largest absolute Gasteiger partial charge is 0.534 e. The molecule has 0 aliphatic rings. The summed E-state index contributed by atoms with van der Waals surface area (Å²) in [7, 11) is -6.06. The molecule has 0 N–H and O–H groups in total. The monoisotopic (exact) mass is 740 g/mol. The summed E-state index contributed by atoms with van der Waals surface area (Å²) >= 11 is 0. The van der Waals surface area contributed by atoms with Crippen LogP contribution < -0.4 is 14.0 Å². The lowest BCUT2D eigenvalue weighted by Gasteiger charge is -2.28. The van der Waals surface area contributed by atoms with E-state index in [1.807, 2.05) is 149 Å². The molecule has 0 aliphatic carbocycles. The van der Waals surface area contributed by atoms with Crippen molar-refractivity contribution in [3.63, 3.8) is 0 Å². The normalized spacial score (nSPS) is 12.1. The summed E-state index contributed by atoms with van der Waals surface area (Å²) in [6.45, 7) is 0. The number of fused-ring (bicyclic) bond motifs is 6. The van der Waals surface area contributed by atoms with Crippen LogP contribution >= 0.6 is 0 Å². The molecule has 0 spiro atoms. The van der Waals surface area contributed by atoms with E-state index in [-0.39, 0.29) is 11.2 Å². The van der Waals surface area contributed by atoms with Crippen molar-refractivity contribution < 1.29 is 34.6 Å². The lowest BCUT2D eigenvalue weighted by molar-refractivity contribution is -0.0499. The van der Waals surface area contributed by atoms with Crippen LogP contribution in [0.25, 0.3) is 43.9 Å². The van der Waals surface area contributed by atoms with E-state index < -0.39 is 21.4 Å². The molecule has 0 amide bonds. The summed E-state index contributed by atoms with van der Waals surface area (Å²) in [4.78, 5) is 3.94. The van der Waals surface area contributed by atoms with Gasteiger partial charge in [-0.2, -0.15) is 21.6 Å². The first-order valence-corrected chi connectivity index (χ1v) is 18.2. The molecule has 2 heterocycles. The minimum atomic E-state index is -6.06. The molecule has 0 saturated carbocycles. The highest BCUT2D eigenvalue weighted by atomic mass is 32.2. The van der Waals surface area contributed by atoms with E-state index in [2.05, 4.69) is 0 Å². The smallest absolute Gasteiger partial charge is 0.456 e. The second kappa shape index (κ2) is 12.7. The van der Waals surface area contributed by atoms with Gasteiger partial charge in [-0.1, -0.05) is 78.9 Å². The van der Waals surface area contributed by atoms with Crippen molar-refractivity contribution in [3.05, 3.63) is 164 Å². The Morgan fingerprint density at radius 2 is 1.02 bits per heavy atom. The fourth-order valence-electron chi connectivity index (χ4n) is 6.91. The SMILES string of the molecule is O=S(=O)(Oc1ccc(N(c2ccccc2)c2ccccc2)c2c1oc1cccc(N(c3ccccc3)c3ccc4c(c3)oc3ccccc34)c12)C(F)(F)F. The number of alkyl halides is 3. The Morgan fingerprint density at radius 1 is 0.481 bits per heavy atom. The third kappa shape index (κ3) is 5.57. The standard InChI is InChI=1S/C43H27F3N2O5S/c44-43(45,46)54(49,50)53-38-26-25-35(47(28-13-4-1-5-14-28)29-15-6-2-7-16-29)41-40-34(20-12-22-37(40)52-42(38)41)48(30-17-8-3-9-18-30)31-23-24-33-32-19-10-11-21-36(32)51-39(33)27-31/h1-27H. The van der Waals surface area contributed by atoms with Gasteiger partial charge in [-0.05, 0) is 78.9 Å². The number of halogens is 3. The summed E-state index contributed by atoms with van der Waals surface area (Å²) < 4.78 is 83.5. The fourth-order valence-corrected chi connectivity index (χ4v) is 7.37. The van der Waals surface area contributed by atoms with E-state index in [1.165, 1.54) is 6.07 Å². The molecule has 7 aromatic carbocycles. The predicted molar refractivity (Wildman–Crippen MR) is 206 cm³/mol. The zero-order valence-electron chi connectivity index (χ0n) is 28.1. The summed E-state index contributed by atoms with van der Waals surface area (Å²) in [5, 5.41) is 2.74. The van der Waals surface area contributed by atoms with Crippen LogP contribution in [0.15, 0.2) is 173 Å². The molecule has 0 unspecified atom stereocenters. The molecule has 7 nitrogen and oxygen atoms in total. The maximum Gasteiger partial charge on any atom is 0.534 e. The van der Waals surface area contributed by atoms with Crippen LogP contribution in [0.4, 0.5) is 47.3 Å². The van der Waals surface area contributed by atoms with Crippen molar-refractivity contribution >= 4 is 88.1 Å². The molecule has 266 valence electrons. The molecule has 11 heteroatoms. The molecule has 0 radical (unpaired) electrons. The van der Waals surface area contributed by atoms with Crippen molar-refractivity contribution in [2.75, 3.05) is 9.80 Å². The summed E-state index contributed by atoms with van der Waals surface area (Å²) in [6.07, 6.45) is 0. The summed E-state index contributed by atoms with van der Waals surface area (Å²) in [6, 6.07) is 50.2. The van der Waals surface area contributed by atoms with E-state index in [0.29, 0.717) is 27.7 Å². The molecule has 9 rings (SSSR count). The molecule has 2 aromatic heterocycles. The molecule has 0 bridgehead atoms. The number of nitrogens with zero attached hydrogens (tertiary/aromatic N) is 2. The van der Waals surface area contributed by atoms with Gasteiger partial charge in [0.1, 0.15) is 16.7 Å². The third-order valence-electron chi connectivity index (χ3n) is 9.19. The van der Waals surface area contributed by atoms with Crippen LogP contribution in [-0.4, -0.2) is 13.9 Å². The van der Waals surface area contributed by atoms with Crippen LogP contribution in [-0.2, 0) is 10.1 Å². The highest BCUT2D eigenvalue weighted by Gasteiger charge is 2.49. The van der Waals surface area contributed by atoms with Gasteiger partial charge >= 0.3 is 15.6 Å². The Morgan fingerprint density at radius 3 is 1.65 bits per heavy atom. The molecule has 0 fully saturated rings. The number of rotatable bonds is 8. The van der Waals surface area contributed by atoms with E-state index >= 15 is 0 Å². The number of anilines is 6. The molecule has 54 heavy (non-hydrogen) atoms. The van der Waals surface area contributed by atoms with E-state index in [0.717, 1.165) is 39.1 Å². The maximum absolute atomic E-state index is 13.7. The van der Waals surface area contributed by atoms with Crippen molar-refractivity contribution in [1.29, 1.82) is 0 Å². The van der Waals surface area contributed by atoms with E-state index in [1.54, 1.807) is 18.2 Å². The number of hydrogen-bond acceptors (Lipinski definition) is 7. The Kier molecular flexibility index (Phi) is 7.82. The predicted octanol–water partition coefficient (Wildman–Crippen LogP) is 12.7. The first kappa shape index (κ1) is 33.1. The van der Waals surface area contributed by atoms with Crippen LogP contribution in [0.2, 0.25) is 0 Å². The van der Waals surface area contributed by atoms with Crippen LogP contribution in [0.1, 0.15) is 0 Å². The second-order valence-corrected chi connectivity index (χ2v) is 14.0. The number of hydrogen-bond donors (Lipinski definition) is 0. The first-order chi connectivity index (χ1) is 26.2. The molecule has 0 aliphatic heterocycles. The van der Waals surface area contributed by atoms with Gasteiger partial charge < -0.3 is 22.8 Å². The second-order valence-electron chi connectivity index (χ2n) is 12.5. The van der Waals surface area contributed by atoms with Crippen molar-refractivity contribution in [2.24, 2.45) is 0 Å². The first-order valence-electron chi connectivity index (χ1n) is 16.8. The van der Waals surface area contributed by atoms with Gasteiger partial charge in [0.25, 0.3) is 0 Å². The number of para-hydroxylation sites is 4. The van der Waals surface area contributed by atoms with E-state index in [4.69, 9.17) is 13.0 Å². The van der Waals surface area contributed by atoms with Gasteiger partial charge in [-0.15, -0.1) is 0 Å². The number of furan rings is 2. The van der Waals surface area contributed by atoms with Crippen LogP contribution in [0.3, 0.4) is 0 Å². The van der Waals surface area contributed by atoms with Crippen LogP contribution in [0.5, 0.6) is 5.75 Å². The third-order valence-corrected chi connectivity index (χ3v) is 10.2. The van der Waals surface area contributed by atoms with Gasteiger partial charge in [0.15, 0.2) is 11.3 Å². The van der Waals surface area contributed by atoms with Gasteiger partial charge in [0.05, 0.1) is 22.1 Å². The maximum atomic E-state index is 13.7. The van der Waals surface area contributed by atoms with Gasteiger partial charge in [-0.25, -0.2) is 0 Å². The lowest BCUT2D eigenvalue weighted by atomic mass is 10.0. The Balaban J connectivity index is 1.37. The molecular formula is C43H27F3N2O5S. The average Bonchev–Trinajstić information content (AvgIpc) is 3.76. The molecule has 0 saturated heterocycles. The van der Waals surface area contributed by atoms with Crippen LogP contribution in [0, 0.1) is 0 Å². The zero-order valence-corrected chi connectivity index (χ0v) is 28.9. The zero-order chi connectivity index (χ0) is 37.0. The fraction of sp³-hybridized carbons (Fsp3) is 0.0233. The van der Waals surface area contributed by atoms with Crippen molar-refractivity contribution in [3.8, 4) is 5.75 Å². The van der Waals surface area contributed by atoms with Gasteiger partial charge in [-0.3, -0.25) is 0 Å². The topological polar surface area (TPSA) is 76.1 Å². The average molecular weight is 741 g/mol. The van der Waals surface area contributed by atoms with Crippen molar-refractivity contribution in [2.45, 2.75) is 5.51 Å². The van der Waals surface area contributed by atoms with E-state index in [9.17, 15) is 21.6 Å². The lowest BCUT2D eigenvalue weighted by Crippen LogP contribution is -2.28. The van der Waals surface area contributed by atoms with Gasteiger partial charge in [0, 0.05) is 39.6 Å². The van der Waals surface area contributed by atoms with Crippen molar-refractivity contribution in [1.82, 2.24) is 0 Å². The molecule has 0 atom stereocenters. The minimum Gasteiger partial charge on any atom is -0.456 e. The summed E-state index contributed by atoms with van der Waals surface area (Å²) in [5.41, 5.74) is -0.0774. The summed E-state index contributed by atoms with van der Waals surface area (Å²) in [5.74, 6) is -0.607. The quantitative estimate of drug-likeness (QED) is 0.113. The number of benzene rings is 7.